The topological polar surface area (TPSA) is 57.7 Å². The Morgan fingerprint density at radius 3 is 2.24 bits per heavy atom. The van der Waals surface area contributed by atoms with Crippen LogP contribution in [-0.2, 0) is 21.2 Å². The van der Waals surface area contributed by atoms with Crippen LogP contribution in [0.4, 0.5) is 0 Å². The van der Waals surface area contributed by atoms with E-state index in [1.165, 1.54) is 4.31 Å². The number of fused-ring (bicyclic) bond motifs is 1. The Hall–Kier alpha value is -2.41. The summed E-state index contributed by atoms with van der Waals surface area (Å²) in [6.45, 7) is 1.30. The molecule has 29 heavy (non-hydrogen) atoms. The van der Waals surface area contributed by atoms with Crippen LogP contribution in [0.5, 0.6) is 0 Å². The molecule has 3 aromatic carbocycles. The van der Waals surface area contributed by atoms with Crippen molar-refractivity contribution in [3.05, 3.63) is 77.3 Å². The number of nitrogens with zero attached hydrogens (tertiary/aromatic N) is 2. The fourth-order valence-corrected chi connectivity index (χ4v) is 5.23. The fourth-order valence-electron chi connectivity index (χ4n) is 3.57. The molecule has 1 aliphatic rings. The van der Waals surface area contributed by atoms with Crippen molar-refractivity contribution in [2.45, 2.75) is 11.3 Å². The average Bonchev–Trinajstić information content (AvgIpc) is 2.75. The third-order valence-electron chi connectivity index (χ3n) is 5.25. The largest absolute Gasteiger partial charge is 0.340 e. The lowest BCUT2D eigenvalue weighted by Gasteiger charge is -2.34. The molecule has 0 spiro atoms. The van der Waals surface area contributed by atoms with Gasteiger partial charge in [0.1, 0.15) is 0 Å². The highest BCUT2D eigenvalue weighted by Crippen LogP contribution is 2.23. The highest BCUT2D eigenvalue weighted by molar-refractivity contribution is 7.89. The number of rotatable bonds is 4. The zero-order chi connectivity index (χ0) is 20.4. The van der Waals surface area contributed by atoms with Crippen LogP contribution >= 0.6 is 11.6 Å². The first-order valence-corrected chi connectivity index (χ1v) is 11.3. The quantitative estimate of drug-likeness (QED) is 0.638. The van der Waals surface area contributed by atoms with Gasteiger partial charge in [0.25, 0.3) is 0 Å². The number of piperazine rings is 1. The summed E-state index contributed by atoms with van der Waals surface area (Å²) in [6.07, 6.45) is 0.219. The first-order chi connectivity index (χ1) is 13.9. The van der Waals surface area contributed by atoms with E-state index >= 15 is 0 Å². The van der Waals surface area contributed by atoms with Crippen molar-refractivity contribution >= 4 is 38.3 Å². The number of carbonyl (C=O) groups is 1. The van der Waals surface area contributed by atoms with Gasteiger partial charge in [0.2, 0.25) is 15.9 Å². The molecule has 1 heterocycles. The Morgan fingerprint density at radius 1 is 0.862 bits per heavy atom. The van der Waals surface area contributed by atoms with Gasteiger partial charge < -0.3 is 4.90 Å². The van der Waals surface area contributed by atoms with Gasteiger partial charge in [-0.25, -0.2) is 8.42 Å². The van der Waals surface area contributed by atoms with Crippen LogP contribution < -0.4 is 0 Å². The van der Waals surface area contributed by atoms with Gasteiger partial charge in [-0.1, -0.05) is 60.1 Å². The number of benzene rings is 3. The van der Waals surface area contributed by atoms with Crippen LogP contribution in [0.25, 0.3) is 10.8 Å². The first kappa shape index (κ1) is 19.9. The predicted octanol–water partition coefficient (Wildman–Crippen LogP) is 3.57. The lowest BCUT2D eigenvalue weighted by molar-refractivity contribution is -0.131. The van der Waals surface area contributed by atoms with Crippen LogP contribution in [0.2, 0.25) is 5.02 Å². The van der Waals surface area contributed by atoms with Crippen LogP contribution in [0.3, 0.4) is 0 Å². The lowest BCUT2D eigenvalue weighted by Crippen LogP contribution is -2.50. The Balaban J connectivity index is 1.44. The maximum atomic E-state index is 13.0. The SMILES string of the molecule is O=C(Cc1ccccc1Cl)N1CCN(S(=O)(=O)c2ccc3ccccc3c2)CC1. The predicted molar refractivity (Wildman–Crippen MR) is 114 cm³/mol. The van der Waals surface area contributed by atoms with Gasteiger partial charge in [0.05, 0.1) is 11.3 Å². The second kappa shape index (κ2) is 8.14. The molecule has 0 aromatic heterocycles. The minimum absolute atomic E-state index is 0.0409. The smallest absolute Gasteiger partial charge is 0.243 e. The highest BCUT2D eigenvalue weighted by Gasteiger charge is 2.30. The Bertz CT molecular complexity index is 1160. The fraction of sp³-hybridized carbons (Fsp3) is 0.227. The van der Waals surface area contributed by atoms with E-state index in [1.807, 2.05) is 48.5 Å². The standard InChI is InChI=1S/C22H21ClN2O3S/c23-21-8-4-3-7-19(21)16-22(26)24-11-13-25(14-12-24)29(27,28)20-10-9-17-5-1-2-6-18(17)15-20/h1-10,15H,11-14,16H2. The summed E-state index contributed by atoms with van der Waals surface area (Å²) in [5.41, 5.74) is 0.783. The normalized spacial score (nSPS) is 15.6. The number of hydrogen-bond acceptors (Lipinski definition) is 3. The van der Waals surface area contributed by atoms with Gasteiger partial charge in [0.15, 0.2) is 0 Å². The monoisotopic (exact) mass is 428 g/mol. The van der Waals surface area contributed by atoms with E-state index in [1.54, 1.807) is 23.1 Å². The molecule has 1 aliphatic heterocycles. The van der Waals surface area contributed by atoms with Crippen molar-refractivity contribution in [1.29, 1.82) is 0 Å². The molecule has 0 unspecified atom stereocenters. The summed E-state index contributed by atoms with van der Waals surface area (Å²) in [4.78, 5) is 14.6. The zero-order valence-electron chi connectivity index (χ0n) is 15.8. The molecule has 0 bridgehead atoms. The number of carbonyl (C=O) groups excluding carboxylic acids is 1. The van der Waals surface area contributed by atoms with Crippen molar-refractivity contribution in [3.8, 4) is 0 Å². The molecule has 7 heteroatoms. The third kappa shape index (κ3) is 4.15. The molecule has 3 aromatic rings. The Kier molecular flexibility index (Phi) is 5.58. The molecule has 1 amide bonds. The molecule has 0 atom stereocenters. The molecular weight excluding hydrogens is 408 g/mol. The van der Waals surface area contributed by atoms with Crippen LogP contribution in [0.1, 0.15) is 5.56 Å². The van der Waals surface area contributed by atoms with E-state index in [9.17, 15) is 13.2 Å². The molecular formula is C22H21ClN2O3S. The van der Waals surface area contributed by atoms with E-state index < -0.39 is 10.0 Å². The summed E-state index contributed by atoms with van der Waals surface area (Å²) < 4.78 is 27.6. The minimum Gasteiger partial charge on any atom is -0.340 e. The molecule has 1 fully saturated rings. The first-order valence-electron chi connectivity index (χ1n) is 9.45. The van der Waals surface area contributed by atoms with Gasteiger partial charge in [-0.15, -0.1) is 0 Å². The van der Waals surface area contributed by atoms with E-state index in [0.717, 1.165) is 16.3 Å². The van der Waals surface area contributed by atoms with Crippen molar-refractivity contribution in [3.63, 3.8) is 0 Å². The second-order valence-electron chi connectivity index (χ2n) is 7.06. The van der Waals surface area contributed by atoms with Gasteiger partial charge in [-0.3, -0.25) is 4.79 Å². The molecule has 150 valence electrons. The van der Waals surface area contributed by atoms with Gasteiger partial charge in [0, 0.05) is 31.2 Å². The lowest BCUT2D eigenvalue weighted by atomic mass is 10.1. The minimum atomic E-state index is -3.59. The summed E-state index contributed by atoms with van der Waals surface area (Å²) >= 11 is 6.14. The van der Waals surface area contributed by atoms with E-state index in [-0.39, 0.29) is 30.3 Å². The number of sulfonamides is 1. The van der Waals surface area contributed by atoms with Crippen LogP contribution in [0.15, 0.2) is 71.6 Å². The van der Waals surface area contributed by atoms with Crippen LogP contribution in [0, 0.1) is 0 Å². The molecule has 4 rings (SSSR count). The molecule has 5 nitrogen and oxygen atoms in total. The van der Waals surface area contributed by atoms with Gasteiger partial charge in [-0.05, 0) is 34.5 Å². The van der Waals surface area contributed by atoms with Crippen molar-refractivity contribution in [2.75, 3.05) is 26.2 Å². The third-order valence-corrected chi connectivity index (χ3v) is 7.51. The number of halogens is 1. The maximum absolute atomic E-state index is 13.0. The van der Waals surface area contributed by atoms with Crippen molar-refractivity contribution in [1.82, 2.24) is 9.21 Å². The second-order valence-corrected chi connectivity index (χ2v) is 9.41. The molecule has 0 radical (unpaired) electrons. The number of hydrogen-bond donors (Lipinski definition) is 0. The van der Waals surface area contributed by atoms with Crippen LogP contribution in [-0.4, -0.2) is 49.7 Å². The summed E-state index contributed by atoms with van der Waals surface area (Å²) in [5.74, 6) is -0.0409. The summed E-state index contributed by atoms with van der Waals surface area (Å²) in [6, 6.07) is 20.1. The molecule has 0 N–H and O–H groups in total. The highest BCUT2D eigenvalue weighted by atomic mass is 35.5. The van der Waals surface area contributed by atoms with Gasteiger partial charge >= 0.3 is 0 Å². The van der Waals surface area contributed by atoms with Crippen molar-refractivity contribution in [2.24, 2.45) is 0 Å². The van der Waals surface area contributed by atoms with E-state index in [4.69, 9.17) is 11.6 Å². The average molecular weight is 429 g/mol. The van der Waals surface area contributed by atoms with Gasteiger partial charge in [-0.2, -0.15) is 4.31 Å². The summed E-state index contributed by atoms with van der Waals surface area (Å²) in [7, 11) is -3.59. The molecule has 0 saturated carbocycles. The maximum Gasteiger partial charge on any atom is 0.243 e. The number of amides is 1. The summed E-state index contributed by atoms with van der Waals surface area (Å²) in [5, 5.41) is 2.46. The Labute approximate surface area is 175 Å². The zero-order valence-corrected chi connectivity index (χ0v) is 17.4. The van der Waals surface area contributed by atoms with E-state index in [0.29, 0.717) is 18.1 Å². The van der Waals surface area contributed by atoms with Crippen molar-refractivity contribution < 1.29 is 13.2 Å². The van der Waals surface area contributed by atoms with E-state index in [2.05, 4.69) is 0 Å². The Morgan fingerprint density at radius 2 is 1.52 bits per heavy atom. The molecule has 1 saturated heterocycles. The molecule has 0 aliphatic carbocycles.